The molecule has 3 aromatic carbocycles. The van der Waals surface area contributed by atoms with Crippen molar-refractivity contribution in [3.05, 3.63) is 89.1 Å². The molecule has 0 aliphatic carbocycles. The molecule has 0 saturated carbocycles. The molecular weight excluding hydrogens is 545 g/mol. The number of nitrogens with zero attached hydrogens (tertiary/aromatic N) is 3. The average Bonchev–Trinajstić information content (AvgIpc) is 3.57. The molecule has 0 fully saturated rings. The van der Waals surface area contributed by atoms with Gasteiger partial charge >= 0.3 is 0 Å². The Balaban J connectivity index is 0.00000304. The monoisotopic (exact) mass is 569 g/mol. The molecular formula is C27H25BrFN3O3S. The SMILES string of the molecule is Br.COc1ccc(C2=NN(c3nc(-c4ccc(OC)c(F)c4)cs3)C(c3ccc(OC)cc3)C2)cc1. The van der Waals surface area contributed by atoms with E-state index in [9.17, 15) is 4.39 Å². The third-order valence-corrected chi connectivity index (χ3v) is 6.80. The van der Waals surface area contributed by atoms with Crippen molar-refractivity contribution >= 4 is 39.2 Å². The minimum atomic E-state index is -0.420. The molecule has 1 aliphatic rings. The molecule has 2 heterocycles. The van der Waals surface area contributed by atoms with Gasteiger partial charge in [0.15, 0.2) is 11.6 Å². The maximum absolute atomic E-state index is 14.3. The van der Waals surface area contributed by atoms with Crippen LogP contribution in [0, 0.1) is 5.82 Å². The van der Waals surface area contributed by atoms with E-state index in [4.69, 9.17) is 24.3 Å². The number of hydrogen-bond donors (Lipinski definition) is 0. The molecule has 1 unspecified atom stereocenters. The van der Waals surface area contributed by atoms with Gasteiger partial charge in [0.25, 0.3) is 0 Å². The van der Waals surface area contributed by atoms with Crippen LogP contribution in [0.2, 0.25) is 0 Å². The zero-order valence-corrected chi connectivity index (χ0v) is 22.5. The summed E-state index contributed by atoms with van der Waals surface area (Å²) < 4.78 is 29.9. The van der Waals surface area contributed by atoms with Crippen LogP contribution in [-0.4, -0.2) is 32.0 Å². The van der Waals surface area contributed by atoms with E-state index in [1.807, 2.05) is 46.8 Å². The fraction of sp³-hybridized carbons (Fsp3) is 0.185. The van der Waals surface area contributed by atoms with Crippen LogP contribution in [0.5, 0.6) is 17.2 Å². The summed E-state index contributed by atoms with van der Waals surface area (Å²) in [6.45, 7) is 0. The number of rotatable bonds is 7. The van der Waals surface area contributed by atoms with E-state index in [0.717, 1.165) is 33.5 Å². The number of benzene rings is 3. The number of anilines is 1. The van der Waals surface area contributed by atoms with Crippen LogP contribution in [0.15, 0.2) is 77.2 Å². The van der Waals surface area contributed by atoms with Crippen molar-refractivity contribution in [2.45, 2.75) is 12.5 Å². The number of thiazole rings is 1. The van der Waals surface area contributed by atoms with Gasteiger partial charge in [-0.25, -0.2) is 14.4 Å². The Bertz CT molecular complexity index is 1360. The topological polar surface area (TPSA) is 56.2 Å². The first-order chi connectivity index (χ1) is 17.1. The molecule has 6 nitrogen and oxygen atoms in total. The number of hydrazone groups is 1. The molecule has 36 heavy (non-hydrogen) atoms. The second-order valence-electron chi connectivity index (χ2n) is 7.98. The minimum Gasteiger partial charge on any atom is -0.497 e. The van der Waals surface area contributed by atoms with Crippen molar-refractivity contribution in [3.8, 4) is 28.5 Å². The molecule has 4 aromatic rings. The van der Waals surface area contributed by atoms with Crippen molar-refractivity contribution < 1.29 is 18.6 Å². The van der Waals surface area contributed by atoms with Gasteiger partial charge in [-0.15, -0.1) is 28.3 Å². The first-order valence-electron chi connectivity index (χ1n) is 11.0. The quantitative estimate of drug-likeness (QED) is 0.242. The Morgan fingerprint density at radius 1 is 0.861 bits per heavy atom. The summed E-state index contributed by atoms with van der Waals surface area (Å²) in [5.74, 6) is 1.38. The second kappa shape index (κ2) is 11.1. The summed E-state index contributed by atoms with van der Waals surface area (Å²) in [6.07, 6.45) is 0.713. The number of methoxy groups -OCH3 is 3. The fourth-order valence-electron chi connectivity index (χ4n) is 4.06. The molecule has 1 aromatic heterocycles. The highest BCUT2D eigenvalue weighted by molar-refractivity contribution is 8.93. The first-order valence-corrected chi connectivity index (χ1v) is 11.9. The Kier molecular flexibility index (Phi) is 7.91. The van der Waals surface area contributed by atoms with E-state index >= 15 is 0 Å². The average molecular weight is 570 g/mol. The lowest BCUT2D eigenvalue weighted by molar-refractivity contribution is 0.386. The number of halogens is 2. The van der Waals surface area contributed by atoms with E-state index in [1.54, 1.807) is 26.4 Å². The molecule has 0 N–H and O–H groups in total. The van der Waals surface area contributed by atoms with Crippen LogP contribution in [0.25, 0.3) is 11.3 Å². The molecule has 1 aliphatic heterocycles. The molecule has 0 bridgehead atoms. The van der Waals surface area contributed by atoms with Gasteiger partial charge in [-0.1, -0.05) is 12.1 Å². The van der Waals surface area contributed by atoms with E-state index in [-0.39, 0.29) is 28.8 Å². The third kappa shape index (κ3) is 5.08. The summed E-state index contributed by atoms with van der Waals surface area (Å²) in [5.41, 5.74) is 4.46. The van der Waals surface area contributed by atoms with Crippen molar-refractivity contribution in [3.63, 3.8) is 0 Å². The van der Waals surface area contributed by atoms with Gasteiger partial charge in [0.2, 0.25) is 5.13 Å². The van der Waals surface area contributed by atoms with Gasteiger partial charge in [-0.2, -0.15) is 5.10 Å². The smallest absolute Gasteiger partial charge is 0.207 e. The van der Waals surface area contributed by atoms with Crippen molar-refractivity contribution in [2.24, 2.45) is 5.10 Å². The maximum Gasteiger partial charge on any atom is 0.207 e. The highest BCUT2D eigenvalue weighted by Gasteiger charge is 2.32. The lowest BCUT2D eigenvalue weighted by Crippen LogP contribution is -2.18. The standard InChI is InChI=1S/C27H24FN3O3S.BrH/c1-32-20-9-4-17(5-10-20)23-15-25(18-6-11-21(33-2)12-7-18)31(30-23)27-29-24(16-35-27)19-8-13-26(34-3)22(28)14-19;/h4-14,16,25H,15H2,1-3H3;1H. The predicted molar refractivity (Wildman–Crippen MR) is 147 cm³/mol. The zero-order valence-electron chi connectivity index (χ0n) is 20.0. The molecule has 1 atom stereocenters. The minimum absolute atomic E-state index is 0. The first kappa shape index (κ1) is 25.7. The number of aromatic nitrogens is 1. The molecule has 5 rings (SSSR count). The predicted octanol–water partition coefficient (Wildman–Crippen LogP) is 6.91. The largest absolute Gasteiger partial charge is 0.497 e. The Labute approximate surface area is 223 Å². The van der Waals surface area contributed by atoms with Crippen LogP contribution in [0.1, 0.15) is 23.6 Å². The summed E-state index contributed by atoms with van der Waals surface area (Å²) in [5, 5.41) is 9.58. The summed E-state index contributed by atoms with van der Waals surface area (Å²) in [7, 11) is 4.75. The normalized spacial score (nSPS) is 14.7. The van der Waals surface area contributed by atoms with Crippen LogP contribution in [-0.2, 0) is 0 Å². The lowest BCUT2D eigenvalue weighted by Gasteiger charge is -2.21. The van der Waals surface area contributed by atoms with E-state index < -0.39 is 5.82 Å². The Morgan fingerprint density at radius 2 is 1.50 bits per heavy atom. The molecule has 0 spiro atoms. The highest BCUT2D eigenvalue weighted by Crippen LogP contribution is 2.40. The third-order valence-electron chi connectivity index (χ3n) is 5.97. The highest BCUT2D eigenvalue weighted by atomic mass is 79.9. The number of ether oxygens (including phenoxy) is 3. The summed E-state index contributed by atoms with van der Waals surface area (Å²) in [6, 6.07) is 20.7. The van der Waals surface area contributed by atoms with Crippen molar-refractivity contribution in [1.29, 1.82) is 0 Å². The van der Waals surface area contributed by atoms with Crippen LogP contribution < -0.4 is 19.2 Å². The summed E-state index contributed by atoms with van der Waals surface area (Å²) in [4.78, 5) is 4.81. The maximum atomic E-state index is 14.3. The van der Waals surface area contributed by atoms with Gasteiger partial charge in [-0.3, -0.25) is 0 Å². The van der Waals surface area contributed by atoms with E-state index in [2.05, 4.69) is 12.1 Å². The zero-order chi connectivity index (χ0) is 24.4. The van der Waals surface area contributed by atoms with Crippen molar-refractivity contribution in [2.75, 3.05) is 26.3 Å². The van der Waals surface area contributed by atoms with Gasteiger partial charge in [0.1, 0.15) is 11.5 Å². The van der Waals surface area contributed by atoms with Gasteiger partial charge < -0.3 is 14.2 Å². The molecule has 0 saturated heterocycles. The molecule has 0 amide bonds. The molecule has 186 valence electrons. The van der Waals surface area contributed by atoms with Gasteiger partial charge in [0.05, 0.1) is 38.8 Å². The van der Waals surface area contributed by atoms with E-state index in [0.29, 0.717) is 17.7 Å². The molecule has 0 radical (unpaired) electrons. The summed E-state index contributed by atoms with van der Waals surface area (Å²) >= 11 is 1.48. The van der Waals surface area contributed by atoms with E-state index in [1.165, 1.54) is 24.5 Å². The Hall–Kier alpha value is -3.43. The Morgan fingerprint density at radius 3 is 2.11 bits per heavy atom. The number of hydrogen-bond acceptors (Lipinski definition) is 7. The van der Waals surface area contributed by atoms with Gasteiger partial charge in [0, 0.05) is 17.4 Å². The van der Waals surface area contributed by atoms with Crippen LogP contribution in [0.4, 0.5) is 9.52 Å². The van der Waals surface area contributed by atoms with Crippen LogP contribution in [0.3, 0.4) is 0 Å². The van der Waals surface area contributed by atoms with Gasteiger partial charge in [-0.05, 0) is 65.7 Å². The van der Waals surface area contributed by atoms with Crippen LogP contribution >= 0.6 is 28.3 Å². The second-order valence-corrected chi connectivity index (χ2v) is 8.81. The fourth-order valence-corrected chi connectivity index (χ4v) is 4.89. The molecule has 9 heteroatoms. The lowest BCUT2D eigenvalue weighted by atomic mass is 9.98. The van der Waals surface area contributed by atoms with Crippen molar-refractivity contribution in [1.82, 2.24) is 4.98 Å².